The quantitative estimate of drug-likeness (QED) is 0.767. The highest BCUT2D eigenvalue weighted by Crippen LogP contribution is 2.32. The summed E-state index contributed by atoms with van der Waals surface area (Å²) in [5.41, 5.74) is 1.45. The van der Waals surface area contributed by atoms with Gasteiger partial charge >= 0.3 is 0 Å². The third kappa shape index (κ3) is 4.96. The molecular formula is C16H20FN5OS2. The number of nitriles is 1. The Kier molecular flexibility index (Phi) is 6.45. The van der Waals surface area contributed by atoms with E-state index in [1.165, 1.54) is 23.6 Å². The van der Waals surface area contributed by atoms with Gasteiger partial charge in [0.1, 0.15) is 15.8 Å². The standard InChI is InChI=1S/C16H20FN5OS2/c1-9(7-25(4)20-8-18)14(23)22-15-11(3)21-16(24-15)13-5-12(17)6-19-10(13)2/h5-6,9-10,19H,7H2,1-4H3,(H,22,23). The lowest BCUT2D eigenvalue weighted by Gasteiger charge is -2.18. The maximum absolute atomic E-state index is 13.5. The van der Waals surface area contributed by atoms with Gasteiger partial charge in [-0.15, -0.1) is 0 Å². The molecule has 0 bridgehead atoms. The lowest BCUT2D eigenvalue weighted by Crippen LogP contribution is -2.25. The molecule has 0 saturated carbocycles. The van der Waals surface area contributed by atoms with Crippen molar-refractivity contribution in [2.24, 2.45) is 10.3 Å². The highest BCUT2D eigenvalue weighted by atomic mass is 32.2. The van der Waals surface area contributed by atoms with Crippen LogP contribution in [0.4, 0.5) is 9.39 Å². The van der Waals surface area contributed by atoms with E-state index < -0.39 is 10.7 Å². The summed E-state index contributed by atoms with van der Waals surface area (Å²) in [4.78, 5) is 16.8. The molecule has 1 aliphatic rings. The highest BCUT2D eigenvalue weighted by molar-refractivity contribution is 7.86. The van der Waals surface area contributed by atoms with Crippen molar-refractivity contribution >= 4 is 38.5 Å². The van der Waals surface area contributed by atoms with Crippen LogP contribution in [0.1, 0.15) is 24.5 Å². The zero-order valence-electron chi connectivity index (χ0n) is 14.5. The molecule has 6 nitrogen and oxygen atoms in total. The third-order valence-corrected chi connectivity index (χ3v) is 6.14. The van der Waals surface area contributed by atoms with Gasteiger partial charge in [-0.05, 0) is 26.2 Å². The van der Waals surface area contributed by atoms with Crippen LogP contribution in [-0.2, 0) is 15.5 Å². The van der Waals surface area contributed by atoms with E-state index in [0.717, 1.165) is 5.57 Å². The van der Waals surface area contributed by atoms with Gasteiger partial charge in [-0.3, -0.25) is 4.79 Å². The molecular weight excluding hydrogens is 361 g/mol. The molecule has 3 atom stereocenters. The van der Waals surface area contributed by atoms with E-state index in [-0.39, 0.29) is 23.7 Å². The number of allylic oxidation sites excluding steroid dienone is 2. The smallest absolute Gasteiger partial charge is 0.228 e. The Labute approximate surface area is 152 Å². The van der Waals surface area contributed by atoms with E-state index in [2.05, 4.69) is 20.0 Å². The average Bonchev–Trinajstić information content (AvgIpc) is 2.90. The minimum Gasteiger partial charge on any atom is -0.382 e. The van der Waals surface area contributed by atoms with E-state index in [9.17, 15) is 9.18 Å². The molecule has 1 aromatic rings. The first kappa shape index (κ1) is 19.3. The van der Waals surface area contributed by atoms with Crippen LogP contribution < -0.4 is 10.6 Å². The van der Waals surface area contributed by atoms with Crippen molar-refractivity contribution in [3.63, 3.8) is 0 Å². The Morgan fingerprint density at radius 3 is 3.08 bits per heavy atom. The Hall–Kier alpha value is -2.05. The molecule has 3 unspecified atom stereocenters. The number of aromatic nitrogens is 1. The van der Waals surface area contributed by atoms with Gasteiger partial charge in [0.2, 0.25) is 12.1 Å². The Morgan fingerprint density at radius 1 is 1.68 bits per heavy atom. The van der Waals surface area contributed by atoms with Crippen molar-refractivity contribution in [1.29, 1.82) is 5.26 Å². The number of thiazole rings is 1. The SMILES string of the molecule is Cc1nc(C2=CC(F)=CNC2C)sc1NC(=O)C(C)CS(C)=NC#N. The number of nitrogens with zero attached hydrogens (tertiary/aromatic N) is 3. The van der Waals surface area contributed by atoms with Gasteiger partial charge in [-0.2, -0.15) is 9.62 Å². The first-order valence-electron chi connectivity index (χ1n) is 7.66. The largest absolute Gasteiger partial charge is 0.382 e. The number of dihydropyridines is 1. The molecule has 25 heavy (non-hydrogen) atoms. The maximum Gasteiger partial charge on any atom is 0.228 e. The molecule has 134 valence electrons. The van der Waals surface area contributed by atoms with Crippen molar-refractivity contribution in [3.05, 3.63) is 28.8 Å². The van der Waals surface area contributed by atoms with Crippen molar-refractivity contribution in [1.82, 2.24) is 10.3 Å². The van der Waals surface area contributed by atoms with Gasteiger partial charge in [0.05, 0.1) is 11.7 Å². The van der Waals surface area contributed by atoms with Gasteiger partial charge < -0.3 is 10.6 Å². The van der Waals surface area contributed by atoms with Gasteiger partial charge in [-0.25, -0.2) is 9.37 Å². The number of nitrogens with one attached hydrogen (secondary N) is 2. The number of amides is 1. The second-order valence-corrected chi connectivity index (χ2v) is 8.52. The van der Waals surface area contributed by atoms with Crippen LogP contribution in [0.3, 0.4) is 0 Å². The predicted molar refractivity (Wildman–Crippen MR) is 101 cm³/mol. The Morgan fingerprint density at radius 2 is 2.40 bits per heavy atom. The van der Waals surface area contributed by atoms with Gasteiger partial charge in [0.25, 0.3) is 0 Å². The highest BCUT2D eigenvalue weighted by Gasteiger charge is 2.21. The van der Waals surface area contributed by atoms with Crippen molar-refractivity contribution in [2.75, 3.05) is 17.3 Å². The van der Waals surface area contributed by atoms with E-state index in [4.69, 9.17) is 5.26 Å². The van der Waals surface area contributed by atoms with Crippen LogP contribution in [0.15, 0.2) is 22.5 Å². The summed E-state index contributed by atoms with van der Waals surface area (Å²) in [6, 6.07) is -0.0535. The normalized spacial score (nSPS) is 19.3. The average molecular weight is 382 g/mol. The molecule has 2 rings (SSSR count). The molecule has 0 spiro atoms. The number of hydrogen-bond acceptors (Lipinski definition) is 6. The van der Waals surface area contributed by atoms with Crippen LogP contribution >= 0.6 is 11.3 Å². The summed E-state index contributed by atoms with van der Waals surface area (Å²) in [5, 5.41) is 15.7. The molecule has 0 radical (unpaired) electrons. The first-order valence-corrected chi connectivity index (χ1v) is 10.2. The number of rotatable bonds is 5. The molecule has 1 aliphatic heterocycles. The number of hydrogen-bond donors (Lipinski definition) is 2. The summed E-state index contributed by atoms with van der Waals surface area (Å²) in [7, 11) is -0.466. The fourth-order valence-corrected chi connectivity index (χ4v) is 4.44. The van der Waals surface area contributed by atoms with Crippen LogP contribution in [0.5, 0.6) is 0 Å². The third-order valence-electron chi connectivity index (χ3n) is 3.65. The van der Waals surface area contributed by atoms with Crippen LogP contribution in [0.25, 0.3) is 5.57 Å². The fourth-order valence-electron chi connectivity index (χ4n) is 2.27. The van der Waals surface area contributed by atoms with Gasteiger partial charge in [0, 0.05) is 23.4 Å². The van der Waals surface area contributed by atoms with Gasteiger partial charge in [-0.1, -0.05) is 29.0 Å². The second kappa shape index (κ2) is 8.36. The number of carbonyl (C=O) groups is 1. The molecule has 0 aromatic carbocycles. The summed E-state index contributed by atoms with van der Waals surface area (Å²) in [6.07, 6.45) is 6.38. The monoisotopic (exact) mass is 381 g/mol. The van der Waals surface area contributed by atoms with Gasteiger partial charge in [0.15, 0.2) is 0 Å². The zero-order chi connectivity index (χ0) is 18.6. The molecule has 9 heteroatoms. The van der Waals surface area contributed by atoms with Crippen LogP contribution in [-0.4, -0.2) is 28.9 Å². The predicted octanol–water partition coefficient (Wildman–Crippen LogP) is 3.12. The van der Waals surface area contributed by atoms with E-state index in [0.29, 0.717) is 21.5 Å². The topological polar surface area (TPSA) is 90.2 Å². The first-order chi connectivity index (χ1) is 11.8. The molecule has 1 amide bonds. The minimum absolute atomic E-state index is 0.0535. The summed E-state index contributed by atoms with van der Waals surface area (Å²) >= 11 is 1.33. The van der Waals surface area contributed by atoms with E-state index >= 15 is 0 Å². The number of halogens is 1. The number of anilines is 1. The Bertz CT molecular complexity index is 806. The maximum atomic E-state index is 13.5. The lowest BCUT2D eigenvalue weighted by molar-refractivity contribution is -0.118. The van der Waals surface area contributed by atoms with Crippen molar-refractivity contribution in [2.45, 2.75) is 26.8 Å². The van der Waals surface area contributed by atoms with Crippen molar-refractivity contribution in [3.8, 4) is 6.19 Å². The fraction of sp³-hybridized carbons (Fsp3) is 0.438. The Balaban J connectivity index is 2.13. The van der Waals surface area contributed by atoms with Crippen molar-refractivity contribution < 1.29 is 9.18 Å². The number of aryl methyl sites for hydroxylation is 1. The number of carbonyl (C=O) groups excluding carboxylic acids is 1. The van der Waals surface area contributed by atoms with E-state index in [1.54, 1.807) is 13.1 Å². The molecule has 0 fully saturated rings. The zero-order valence-corrected chi connectivity index (χ0v) is 16.1. The molecule has 2 heterocycles. The summed E-state index contributed by atoms with van der Waals surface area (Å²) < 4.78 is 17.2. The van der Waals surface area contributed by atoms with E-state index in [1.807, 2.05) is 20.1 Å². The van der Waals surface area contributed by atoms with Crippen LogP contribution in [0, 0.1) is 24.3 Å². The molecule has 2 N–H and O–H groups in total. The molecule has 0 aliphatic carbocycles. The molecule has 1 aromatic heterocycles. The minimum atomic E-state index is -0.466. The second-order valence-electron chi connectivity index (χ2n) is 5.80. The molecule has 0 saturated heterocycles. The summed E-state index contributed by atoms with van der Waals surface area (Å²) in [6.45, 7) is 5.54. The summed E-state index contributed by atoms with van der Waals surface area (Å²) in [5.74, 6) is -0.242. The van der Waals surface area contributed by atoms with Crippen LogP contribution in [0.2, 0.25) is 0 Å². The lowest BCUT2D eigenvalue weighted by atomic mass is 10.1.